The molecule has 1 fully saturated rings. The molecule has 156 valence electrons. The molecule has 0 radical (unpaired) electrons. The molecule has 2 aliphatic rings. The van der Waals surface area contributed by atoms with E-state index in [1.54, 1.807) is 18.2 Å². The maximum Gasteiger partial charge on any atom is 0.260 e. The summed E-state index contributed by atoms with van der Waals surface area (Å²) < 4.78 is 14.2. The number of benzene rings is 3. The van der Waals surface area contributed by atoms with Crippen LogP contribution >= 0.6 is 11.6 Å². The summed E-state index contributed by atoms with van der Waals surface area (Å²) in [7, 11) is 0. The fourth-order valence-electron chi connectivity index (χ4n) is 4.23. The van der Waals surface area contributed by atoms with Gasteiger partial charge in [0.05, 0.1) is 28.0 Å². The van der Waals surface area contributed by atoms with Gasteiger partial charge < -0.3 is 15.5 Å². The summed E-state index contributed by atoms with van der Waals surface area (Å²) in [4.78, 5) is 12.6. The van der Waals surface area contributed by atoms with E-state index in [0.717, 1.165) is 18.4 Å². The Hall–Kier alpha value is -3.15. The molecule has 3 aromatic rings. The average Bonchev–Trinajstić information content (AvgIpc) is 3.05. The molecule has 31 heavy (non-hydrogen) atoms. The third-order valence-corrected chi connectivity index (χ3v) is 6.34. The van der Waals surface area contributed by atoms with Crippen LogP contribution < -0.4 is 5.32 Å². The maximum absolute atomic E-state index is 14.2. The zero-order chi connectivity index (χ0) is 21.7. The third-order valence-electron chi connectivity index (χ3n) is 6.02. The molecular weight excluding hydrogens is 417 g/mol. The van der Waals surface area contributed by atoms with Crippen LogP contribution in [0, 0.1) is 5.82 Å². The Morgan fingerprint density at radius 1 is 1.03 bits per heavy atom. The van der Waals surface area contributed by atoms with Gasteiger partial charge in [-0.25, -0.2) is 4.39 Å². The predicted octanol–water partition coefficient (Wildman–Crippen LogP) is 5.76. The minimum absolute atomic E-state index is 0.0121. The summed E-state index contributed by atoms with van der Waals surface area (Å²) in [5.74, 6) is -1.17. The van der Waals surface area contributed by atoms with Crippen molar-refractivity contribution < 1.29 is 19.4 Å². The molecule has 4 nitrogen and oxygen atoms in total. The van der Waals surface area contributed by atoms with E-state index in [0.29, 0.717) is 27.8 Å². The normalized spacial score (nSPS) is 21.3. The van der Waals surface area contributed by atoms with Crippen LogP contribution in [0.2, 0.25) is 5.02 Å². The number of fused-ring (bicyclic) bond motifs is 1. The monoisotopic (exact) mass is 435 g/mol. The Morgan fingerprint density at radius 3 is 2.42 bits per heavy atom. The fraction of sp³-hybridized carbons (Fsp3) is 0.160. The van der Waals surface area contributed by atoms with Crippen molar-refractivity contribution >= 4 is 34.5 Å². The zero-order valence-electron chi connectivity index (χ0n) is 16.4. The number of amides is 1. The first-order valence-electron chi connectivity index (χ1n) is 10.0. The molecule has 0 atom stereocenters. The lowest BCUT2D eigenvalue weighted by Crippen LogP contribution is -2.26. The molecule has 1 heterocycles. The highest BCUT2D eigenvalue weighted by Gasteiger charge is 2.31. The second-order valence-corrected chi connectivity index (χ2v) is 8.39. The second kappa shape index (κ2) is 7.52. The predicted molar refractivity (Wildman–Crippen MR) is 119 cm³/mol. The Balaban J connectivity index is 1.57. The SMILES string of the molecule is O=C1Nc2cc(Cl)c(-c3ccc(C4CC(O)C4)cc3)cc2C1=C(O)c1ccccc1F. The molecular formula is C25H19ClFNO3. The van der Waals surface area contributed by atoms with Crippen molar-refractivity contribution in [2.45, 2.75) is 24.9 Å². The van der Waals surface area contributed by atoms with Gasteiger partial charge in [-0.05, 0) is 54.2 Å². The lowest BCUT2D eigenvalue weighted by Gasteiger charge is -2.31. The van der Waals surface area contributed by atoms with Crippen molar-refractivity contribution in [3.63, 3.8) is 0 Å². The molecule has 3 aromatic carbocycles. The standard InChI is InChI=1S/C25H19ClFNO3/c26-20-12-22-19(23(25(31)28-22)24(30)17-3-1-2-4-21(17)27)11-18(20)14-7-5-13(6-8-14)15-9-16(29)10-15/h1-8,11-12,15-16,29-30H,9-10H2,(H,28,31). The number of carbonyl (C=O) groups excluding carboxylic acids is 1. The quantitative estimate of drug-likeness (QED) is 0.361. The molecule has 1 amide bonds. The van der Waals surface area contributed by atoms with Crippen LogP contribution in [0.1, 0.15) is 35.4 Å². The molecule has 1 aliphatic carbocycles. The van der Waals surface area contributed by atoms with E-state index >= 15 is 0 Å². The number of nitrogens with one attached hydrogen (secondary N) is 1. The molecule has 5 rings (SSSR count). The largest absolute Gasteiger partial charge is 0.506 e. The van der Waals surface area contributed by atoms with Gasteiger partial charge >= 0.3 is 0 Å². The van der Waals surface area contributed by atoms with Gasteiger partial charge in [-0.3, -0.25) is 4.79 Å². The minimum atomic E-state index is -0.611. The van der Waals surface area contributed by atoms with E-state index in [9.17, 15) is 19.4 Å². The van der Waals surface area contributed by atoms with Gasteiger partial charge in [0.2, 0.25) is 0 Å². The van der Waals surface area contributed by atoms with Crippen molar-refractivity contribution in [1.82, 2.24) is 0 Å². The van der Waals surface area contributed by atoms with Crippen molar-refractivity contribution in [2.24, 2.45) is 0 Å². The van der Waals surface area contributed by atoms with Gasteiger partial charge in [-0.1, -0.05) is 48.0 Å². The van der Waals surface area contributed by atoms with Crippen molar-refractivity contribution in [1.29, 1.82) is 0 Å². The lowest BCUT2D eigenvalue weighted by atomic mass is 9.77. The van der Waals surface area contributed by atoms with Gasteiger partial charge in [-0.2, -0.15) is 0 Å². The molecule has 0 aromatic heterocycles. The summed E-state index contributed by atoms with van der Waals surface area (Å²) in [6.45, 7) is 0. The molecule has 6 heteroatoms. The van der Waals surface area contributed by atoms with E-state index in [4.69, 9.17) is 11.6 Å². The van der Waals surface area contributed by atoms with Gasteiger partial charge in [0.1, 0.15) is 11.6 Å². The number of halogens is 2. The second-order valence-electron chi connectivity index (χ2n) is 7.98. The van der Waals surface area contributed by atoms with Crippen molar-refractivity contribution in [2.75, 3.05) is 5.32 Å². The molecule has 1 saturated carbocycles. The van der Waals surface area contributed by atoms with E-state index < -0.39 is 17.5 Å². The molecule has 0 spiro atoms. The first kappa shape index (κ1) is 19.8. The summed E-state index contributed by atoms with van der Waals surface area (Å²) in [5.41, 5.74) is 3.65. The first-order chi connectivity index (χ1) is 14.9. The van der Waals surface area contributed by atoms with Crippen LogP contribution in [0.4, 0.5) is 10.1 Å². The number of hydrogen-bond acceptors (Lipinski definition) is 3. The van der Waals surface area contributed by atoms with Crippen LogP contribution in [0.25, 0.3) is 22.5 Å². The summed E-state index contributed by atoms with van der Waals surface area (Å²) >= 11 is 6.50. The highest BCUT2D eigenvalue weighted by molar-refractivity contribution is 6.38. The Kier molecular flexibility index (Phi) is 4.80. The van der Waals surface area contributed by atoms with E-state index in [1.807, 2.05) is 24.3 Å². The van der Waals surface area contributed by atoms with Crippen LogP contribution in [0.15, 0.2) is 60.7 Å². The van der Waals surface area contributed by atoms with Crippen molar-refractivity contribution in [3.05, 3.63) is 88.2 Å². The zero-order valence-corrected chi connectivity index (χ0v) is 17.2. The Morgan fingerprint density at radius 2 is 1.74 bits per heavy atom. The van der Waals surface area contributed by atoms with Crippen LogP contribution in [-0.4, -0.2) is 22.2 Å². The molecule has 0 saturated heterocycles. The number of carbonyl (C=O) groups is 1. The van der Waals surface area contributed by atoms with E-state index in [-0.39, 0.29) is 17.2 Å². The summed E-state index contributed by atoms with van der Waals surface area (Å²) in [6, 6.07) is 17.1. The Labute approximate surface area is 183 Å². The molecule has 3 N–H and O–H groups in total. The van der Waals surface area contributed by atoms with Gasteiger partial charge in [-0.15, -0.1) is 0 Å². The summed E-state index contributed by atoms with van der Waals surface area (Å²) in [6.07, 6.45) is 1.33. The molecule has 0 bridgehead atoms. The maximum atomic E-state index is 14.2. The smallest absolute Gasteiger partial charge is 0.260 e. The van der Waals surface area contributed by atoms with Gasteiger partial charge in [0.25, 0.3) is 5.91 Å². The lowest BCUT2D eigenvalue weighted by molar-refractivity contribution is -0.110. The topological polar surface area (TPSA) is 69.6 Å². The van der Waals surface area contributed by atoms with E-state index in [2.05, 4.69) is 5.32 Å². The number of hydrogen-bond donors (Lipinski definition) is 3. The number of rotatable bonds is 3. The molecule has 0 unspecified atom stereocenters. The molecule has 1 aliphatic heterocycles. The Bertz CT molecular complexity index is 1230. The van der Waals surface area contributed by atoms with Gasteiger partial charge in [0.15, 0.2) is 0 Å². The number of anilines is 1. The fourth-order valence-corrected chi connectivity index (χ4v) is 4.50. The number of aliphatic hydroxyl groups excluding tert-OH is 2. The van der Waals surface area contributed by atoms with E-state index in [1.165, 1.54) is 23.8 Å². The van der Waals surface area contributed by atoms with Crippen LogP contribution in [0.3, 0.4) is 0 Å². The average molecular weight is 436 g/mol. The highest BCUT2D eigenvalue weighted by atomic mass is 35.5. The highest BCUT2D eigenvalue weighted by Crippen LogP contribution is 2.43. The van der Waals surface area contributed by atoms with Crippen LogP contribution in [-0.2, 0) is 4.79 Å². The van der Waals surface area contributed by atoms with Crippen LogP contribution in [0.5, 0.6) is 0 Å². The van der Waals surface area contributed by atoms with Crippen molar-refractivity contribution in [3.8, 4) is 11.1 Å². The third kappa shape index (κ3) is 3.40. The number of aliphatic hydroxyl groups is 2. The minimum Gasteiger partial charge on any atom is -0.506 e. The van der Waals surface area contributed by atoms with Gasteiger partial charge in [0, 0.05) is 11.1 Å². The summed E-state index contributed by atoms with van der Waals surface area (Å²) in [5, 5.41) is 23.4. The first-order valence-corrected chi connectivity index (χ1v) is 10.4.